The minimum atomic E-state index is -0.288. The van der Waals surface area contributed by atoms with Crippen molar-refractivity contribution in [3.05, 3.63) is 65.8 Å². The Morgan fingerprint density at radius 2 is 1.77 bits per heavy atom. The van der Waals surface area contributed by atoms with Gasteiger partial charge in [-0.05, 0) is 18.2 Å². The van der Waals surface area contributed by atoms with Crippen LogP contribution in [0.3, 0.4) is 0 Å². The molecule has 0 spiro atoms. The molecule has 136 valence electrons. The highest BCUT2D eigenvalue weighted by atomic mass is 19.1. The van der Waals surface area contributed by atoms with E-state index in [4.69, 9.17) is 9.47 Å². The molecule has 0 radical (unpaired) electrons. The molecule has 1 saturated heterocycles. The molecule has 0 saturated carbocycles. The topological polar surface area (TPSA) is 45.2 Å². The van der Waals surface area contributed by atoms with Crippen molar-refractivity contribution in [1.29, 1.82) is 0 Å². The molecule has 0 atom stereocenters. The predicted octanol–water partition coefficient (Wildman–Crippen LogP) is 2.75. The molecule has 6 heteroatoms. The van der Waals surface area contributed by atoms with Gasteiger partial charge in [0.2, 0.25) is 0 Å². The third-order valence-electron chi connectivity index (χ3n) is 4.66. The molecule has 2 aliphatic heterocycles. The number of hydrogen-bond donors (Lipinski definition) is 1. The van der Waals surface area contributed by atoms with Gasteiger partial charge >= 0.3 is 0 Å². The quantitative estimate of drug-likeness (QED) is 0.916. The Hall–Kier alpha value is -2.73. The first-order chi connectivity index (χ1) is 12.7. The summed E-state index contributed by atoms with van der Waals surface area (Å²) in [6, 6.07) is 12.4. The Balaban J connectivity index is 1.42. The number of fused-ring (bicyclic) bond motifs is 1. The highest BCUT2D eigenvalue weighted by Crippen LogP contribution is 2.32. The van der Waals surface area contributed by atoms with Gasteiger partial charge in [-0.15, -0.1) is 0 Å². The number of ether oxygens (including phenoxy) is 2. The van der Waals surface area contributed by atoms with Gasteiger partial charge in [0, 0.05) is 37.9 Å². The highest BCUT2D eigenvalue weighted by Gasteiger charge is 2.22. The van der Waals surface area contributed by atoms with Gasteiger partial charge in [0.05, 0.1) is 12.3 Å². The summed E-state index contributed by atoms with van der Waals surface area (Å²) in [5.41, 5.74) is 1.13. The van der Waals surface area contributed by atoms with Crippen molar-refractivity contribution in [1.82, 2.24) is 4.90 Å². The van der Waals surface area contributed by atoms with Gasteiger partial charge in [-0.25, -0.2) is 4.39 Å². The Morgan fingerprint density at radius 1 is 1.00 bits per heavy atom. The maximum Gasteiger partial charge on any atom is 0.169 e. The Kier molecular flexibility index (Phi) is 4.67. The first-order valence-corrected chi connectivity index (χ1v) is 8.72. The summed E-state index contributed by atoms with van der Waals surface area (Å²) in [5.74, 6) is 1.95. The summed E-state index contributed by atoms with van der Waals surface area (Å²) in [4.78, 5) is 4.14. The summed E-state index contributed by atoms with van der Waals surface area (Å²) in [6.07, 6.45) is 1.97. The van der Waals surface area contributed by atoms with Crippen LogP contribution >= 0.6 is 0 Å². The molecule has 1 N–H and O–H groups in total. The molecule has 0 amide bonds. The highest BCUT2D eigenvalue weighted by molar-refractivity contribution is 5.55. The lowest BCUT2D eigenvalue weighted by Crippen LogP contribution is -2.45. The van der Waals surface area contributed by atoms with Crippen LogP contribution in [-0.2, 0) is 6.61 Å². The number of para-hydroxylation sites is 3. The molecular weight excluding hydrogens is 335 g/mol. The van der Waals surface area contributed by atoms with E-state index in [0.717, 1.165) is 30.3 Å². The monoisotopic (exact) mass is 356 g/mol. The Bertz CT molecular complexity index is 816. The maximum atomic E-state index is 14.2. The molecular formula is C20H21FN2O3. The number of hydrogen-bond acceptors (Lipinski definition) is 5. The number of piperazine rings is 1. The summed E-state index contributed by atoms with van der Waals surface area (Å²) in [6.45, 7) is 3.08. The number of halogens is 1. The smallest absolute Gasteiger partial charge is 0.169 e. The van der Waals surface area contributed by atoms with E-state index in [0.29, 0.717) is 30.9 Å². The van der Waals surface area contributed by atoms with Crippen molar-refractivity contribution >= 4 is 5.69 Å². The Labute approximate surface area is 151 Å². The lowest BCUT2D eigenvalue weighted by molar-refractivity contribution is 0.219. The zero-order valence-electron chi connectivity index (χ0n) is 14.4. The van der Waals surface area contributed by atoms with E-state index in [-0.39, 0.29) is 12.4 Å². The summed E-state index contributed by atoms with van der Waals surface area (Å²) < 4.78 is 25.8. The molecule has 0 aliphatic carbocycles. The molecule has 2 aromatic carbocycles. The van der Waals surface area contributed by atoms with Gasteiger partial charge < -0.3 is 24.4 Å². The zero-order chi connectivity index (χ0) is 17.9. The average Bonchev–Trinajstić information content (AvgIpc) is 2.68. The summed E-state index contributed by atoms with van der Waals surface area (Å²) in [7, 11) is 0. The second kappa shape index (κ2) is 7.25. The van der Waals surface area contributed by atoms with Crippen molar-refractivity contribution in [3.8, 4) is 11.5 Å². The van der Waals surface area contributed by atoms with Crippen molar-refractivity contribution in [2.24, 2.45) is 0 Å². The van der Waals surface area contributed by atoms with Gasteiger partial charge in [0.15, 0.2) is 17.3 Å². The number of rotatable bonds is 3. The normalized spacial score (nSPS) is 18.3. The predicted molar refractivity (Wildman–Crippen MR) is 96.8 cm³/mol. The van der Waals surface area contributed by atoms with E-state index in [9.17, 15) is 9.50 Å². The first-order valence-electron chi connectivity index (χ1n) is 8.72. The minimum Gasteiger partial charge on any atom is -0.482 e. The van der Waals surface area contributed by atoms with Gasteiger partial charge in [-0.2, -0.15) is 0 Å². The van der Waals surface area contributed by atoms with E-state index >= 15 is 0 Å². The van der Waals surface area contributed by atoms with Crippen LogP contribution in [0.25, 0.3) is 0 Å². The lowest BCUT2D eigenvalue weighted by atomic mass is 10.1. The van der Waals surface area contributed by atoms with E-state index in [1.165, 1.54) is 6.07 Å². The fourth-order valence-corrected chi connectivity index (χ4v) is 3.36. The van der Waals surface area contributed by atoms with E-state index in [1.54, 1.807) is 12.1 Å². The summed E-state index contributed by atoms with van der Waals surface area (Å²) in [5, 5.41) is 9.48. The van der Waals surface area contributed by atoms with Crippen molar-refractivity contribution in [2.45, 2.75) is 6.61 Å². The van der Waals surface area contributed by atoms with Crippen molar-refractivity contribution in [2.75, 3.05) is 37.7 Å². The van der Waals surface area contributed by atoms with E-state index in [1.807, 2.05) is 35.4 Å². The number of aliphatic hydroxyl groups excluding tert-OH is 1. The van der Waals surface area contributed by atoms with Crippen LogP contribution in [0.2, 0.25) is 0 Å². The second-order valence-electron chi connectivity index (χ2n) is 6.36. The van der Waals surface area contributed by atoms with Crippen LogP contribution in [-0.4, -0.2) is 42.8 Å². The standard InChI is InChI=1S/C20H21FN2O3/c21-17-5-3-4-15(13-24)20(17)23-10-8-22(9-11-23)12-16-14-25-18-6-1-2-7-19(18)26-16/h1-7,12,24H,8-11,13-14H2. The van der Waals surface area contributed by atoms with Gasteiger partial charge in [-0.3, -0.25) is 0 Å². The number of anilines is 1. The maximum absolute atomic E-state index is 14.2. The molecule has 26 heavy (non-hydrogen) atoms. The average molecular weight is 356 g/mol. The molecule has 2 aromatic rings. The van der Waals surface area contributed by atoms with Gasteiger partial charge in [0.25, 0.3) is 0 Å². The molecule has 2 heterocycles. The Morgan fingerprint density at radius 3 is 2.54 bits per heavy atom. The van der Waals surface area contributed by atoms with Crippen LogP contribution in [0.15, 0.2) is 54.4 Å². The largest absolute Gasteiger partial charge is 0.482 e. The molecule has 1 fully saturated rings. The molecule has 0 bridgehead atoms. The van der Waals surface area contributed by atoms with E-state index in [2.05, 4.69) is 4.90 Å². The first kappa shape index (κ1) is 16.7. The zero-order valence-corrected chi connectivity index (χ0v) is 14.4. The molecule has 0 unspecified atom stereocenters. The number of benzene rings is 2. The van der Waals surface area contributed by atoms with Crippen molar-refractivity contribution in [3.63, 3.8) is 0 Å². The van der Waals surface area contributed by atoms with Crippen LogP contribution in [0.1, 0.15) is 5.56 Å². The third kappa shape index (κ3) is 3.32. The molecule has 0 aromatic heterocycles. The second-order valence-corrected chi connectivity index (χ2v) is 6.36. The van der Waals surface area contributed by atoms with Crippen LogP contribution < -0.4 is 14.4 Å². The molecule has 5 nitrogen and oxygen atoms in total. The number of nitrogens with zero attached hydrogens (tertiary/aromatic N) is 2. The van der Waals surface area contributed by atoms with E-state index < -0.39 is 0 Å². The summed E-state index contributed by atoms with van der Waals surface area (Å²) >= 11 is 0. The third-order valence-corrected chi connectivity index (χ3v) is 4.66. The number of aliphatic hydroxyl groups is 1. The lowest BCUT2D eigenvalue weighted by Gasteiger charge is -2.37. The fraction of sp³-hybridized carbons (Fsp3) is 0.300. The van der Waals surface area contributed by atoms with Crippen LogP contribution in [0.4, 0.5) is 10.1 Å². The van der Waals surface area contributed by atoms with Gasteiger partial charge in [-0.1, -0.05) is 24.3 Å². The minimum absolute atomic E-state index is 0.165. The van der Waals surface area contributed by atoms with Crippen molar-refractivity contribution < 1.29 is 19.0 Å². The molecule has 4 rings (SSSR count). The fourth-order valence-electron chi connectivity index (χ4n) is 3.36. The van der Waals surface area contributed by atoms with Crippen LogP contribution in [0.5, 0.6) is 11.5 Å². The molecule has 2 aliphatic rings. The van der Waals surface area contributed by atoms with Gasteiger partial charge in [0.1, 0.15) is 12.4 Å². The SMILES string of the molecule is OCc1cccc(F)c1N1CCN(C=C2COc3ccccc3O2)CC1. The van der Waals surface area contributed by atoms with Crippen LogP contribution in [0, 0.1) is 5.82 Å².